The number of hydrogen-bond donors (Lipinski definition) is 1. The Bertz CT molecular complexity index is 1370. The first-order chi connectivity index (χ1) is 19.1. The third kappa shape index (κ3) is 8.72. The Morgan fingerprint density at radius 2 is 1.57 bits per heavy atom. The van der Waals surface area contributed by atoms with Gasteiger partial charge >= 0.3 is 0 Å². The fourth-order valence-electron chi connectivity index (χ4n) is 4.24. The lowest BCUT2D eigenvalue weighted by atomic mass is 10.0. The van der Waals surface area contributed by atoms with Crippen LogP contribution < -0.4 is 14.4 Å². The molecule has 3 aromatic rings. The van der Waals surface area contributed by atoms with E-state index in [-0.39, 0.29) is 24.6 Å². The molecule has 0 spiro atoms. The van der Waals surface area contributed by atoms with Crippen LogP contribution in [0.5, 0.6) is 5.75 Å². The number of halogens is 1. The molecule has 1 N–H and O–H groups in total. The molecule has 3 aromatic carbocycles. The van der Waals surface area contributed by atoms with Gasteiger partial charge in [0, 0.05) is 24.5 Å². The first-order valence-corrected chi connectivity index (χ1v) is 15.4. The van der Waals surface area contributed by atoms with Gasteiger partial charge < -0.3 is 15.0 Å². The van der Waals surface area contributed by atoms with E-state index in [2.05, 4.69) is 5.32 Å². The second kappa shape index (κ2) is 14.7. The van der Waals surface area contributed by atoms with Crippen LogP contribution in [0, 0.1) is 0 Å². The van der Waals surface area contributed by atoms with Crippen LogP contribution >= 0.6 is 11.6 Å². The van der Waals surface area contributed by atoms with Gasteiger partial charge in [0.15, 0.2) is 0 Å². The van der Waals surface area contributed by atoms with Crippen molar-refractivity contribution in [1.82, 2.24) is 10.2 Å². The quantitative estimate of drug-likeness (QED) is 0.297. The summed E-state index contributed by atoms with van der Waals surface area (Å²) < 4.78 is 32.7. The number of benzene rings is 3. The average Bonchev–Trinajstić information content (AvgIpc) is 2.93. The van der Waals surface area contributed by atoms with Crippen molar-refractivity contribution in [2.75, 3.05) is 30.3 Å². The van der Waals surface area contributed by atoms with Crippen molar-refractivity contribution < 1.29 is 22.7 Å². The van der Waals surface area contributed by atoms with Gasteiger partial charge in [-0.15, -0.1) is 0 Å². The monoisotopic (exact) mass is 585 g/mol. The second-order valence-electron chi connectivity index (χ2n) is 9.32. The minimum absolute atomic E-state index is 0.0811. The molecule has 0 fully saturated rings. The van der Waals surface area contributed by atoms with Crippen LogP contribution in [0.1, 0.15) is 31.4 Å². The Morgan fingerprint density at radius 1 is 0.925 bits per heavy atom. The third-order valence-electron chi connectivity index (χ3n) is 6.20. The lowest BCUT2D eigenvalue weighted by molar-refractivity contribution is -0.140. The van der Waals surface area contributed by atoms with E-state index in [1.807, 2.05) is 37.3 Å². The minimum Gasteiger partial charge on any atom is -0.492 e. The third-order valence-corrected chi connectivity index (χ3v) is 7.58. The smallest absolute Gasteiger partial charge is 0.244 e. The van der Waals surface area contributed by atoms with Gasteiger partial charge in [-0.3, -0.25) is 13.9 Å². The zero-order valence-corrected chi connectivity index (χ0v) is 24.6. The molecule has 0 saturated carbocycles. The number of para-hydroxylation sites is 2. The predicted molar refractivity (Wildman–Crippen MR) is 159 cm³/mol. The molecule has 0 aliphatic carbocycles. The number of anilines is 1. The number of nitrogens with one attached hydrogen (secondary N) is 1. The molecule has 0 aliphatic heterocycles. The molecular formula is C30H36ClN3O5S. The maximum Gasteiger partial charge on any atom is 0.244 e. The summed E-state index contributed by atoms with van der Waals surface area (Å²) in [6, 6.07) is 22.2. The highest BCUT2D eigenvalue weighted by molar-refractivity contribution is 7.92. The van der Waals surface area contributed by atoms with Crippen molar-refractivity contribution in [2.24, 2.45) is 0 Å². The van der Waals surface area contributed by atoms with Gasteiger partial charge in [0.05, 0.1) is 18.6 Å². The van der Waals surface area contributed by atoms with E-state index in [1.165, 1.54) is 4.90 Å². The Morgan fingerprint density at radius 3 is 2.20 bits per heavy atom. The van der Waals surface area contributed by atoms with E-state index in [1.54, 1.807) is 55.5 Å². The summed E-state index contributed by atoms with van der Waals surface area (Å²) in [5.41, 5.74) is 1.87. The minimum atomic E-state index is -3.90. The van der Waals surface area contributed by atoms with Gasteiger partial charge in [-0.2, -0.15) is 0 Å². The molecule has 0 saturated heterocycles. The highest BCUT2D eigenvalue weighted by Gasteiger charge is 2.33. The van der Waals surface area contributed by atoms with Gasteiger partial charge in [0.1, 0.15) is 18.3 Å². The Hall–Kier alpha value is -3.56. The maximum atomic E-state index is 14.1. The summed E-state index contributed by atoms with van der Waals surface area (Å²) >= 11 is 6.09. The SMILES string of the molecule is CCCNC(=O)[C@H](Cc1ccccc1)N(Cc1ccc(Cl)cc1)C(=O)CN(c1ccccc1OCC)S(C)(=O)=O. The molecule has 10 heteroatoms. The van der Waals surface area contributed by atoms with Crippen molar-refractivity contribution in [3.05, 3.63) is 95.0 Å². The fraction of sp³-hybridized carbons (Fsp3) is 0.333. The van der Waals surface area contributed by atoms with E-state index < -0.39 is 28.5 Å². The van der Waals surface area contributed by atoms with Gasteiger partial charge in [-0.05, 0) is 48.7 Å². The summed E-state index contributed by atoms with van der Waals surface area (Å²) in [5, 5.41) is 3.46. The lowest BCUT2D eigenvalue weighted by Gasteiger charge is -2.33. The number of carbonyl (C=O) groups is 2. The van der Waals surface area contributed by atoms with Gasteiger partial charge in [0.25, 0.3) is 0 Å². The van der Waals surface area contributed by atoms with Crippen molar-refractivity contribution in [1.29, 1.82) is 0 Å². The summed E-state index contributed by atoms with van der Waals surface area (Å²) in [4.78, 5) is 29.1. The Kier molecular flexibility index (Phi) is 11.4. The van der Waals surface area contributed by atoms with E-state index in [0.717, 1.165) is 28.1 Å². The van der Waals surface area contributed by atoms with Crippen molar-refractivity contribution in [3.8, 4) is 5.75 Å². The van der Waals surface area contributed by atoms with Gasteiger partial charge in [-0.25, -0.2) is 8.42 Å². The summed E-state index contributed by atoms with van der Waals surface area (Å²) in [5.74, 6) is -0.498. The average molecular weight is 586 g/mol. The number of sulfonamides is 1. The molecule has 0 heterocycles. The molecule has 0 bridgehead atoms. The molecule has 2 amide bonds. The van der Waals surface area contributed by atoms with E-state index in [0.29, 0.717) is 23.9 Å². The molecule has 1 atom stereocenters. The zero-order chi connectivity index (χ0) is 29.1. The molecule has 0 aromatic heterocycles. The lowest BCUT2D eigenvalue weighted by Crippen LogP contribution is -2.53. The molecule has 40 heavy (non-hydrogen) atoms. The molecule has 0 unspecified atom stereocenters. The van der Waals surface area contributed by atoms with Crippen LogP contribution in [-0.2, 0) is 32.6 Å². The molecular weight excluding hydrogens is 550 g/mol. The van der Waals surface area contributed by atoms with Gasteiger partial charge in [0.2, 0.25) is 21.8 Å². The fourth-order valence-corrected chi connectivity index (χ4v) is 5.22. The van der Waals surface area contributed by atoms with Crippen LogP contribution in [-0.4, -0.2) is 57.1 Å². The van der Waals surface area contributed by atoms with Crippen LogP contribution in [0.25, 0.3) is 0 Å². The molecule has 0 aliphatic rings. The Balaban J connectivity index is 2.06. The first-order valence-electron chi connectivity index (χ1n) is 13.2. The standard InChI is InChI=1S/C30H36ClN3O5S/c1-4-19-32-30(36)27(20-23-11-7-6-8-12-23)33(21-24-15-17-25(31)18-16-24)29(35)22-34(40(3,37)38)26-13-9-10-14-28(26)39-5-2/h6-18,27H,4-5,19-22H2,1-3H3,(H,32,36)/t27-/m0/s1. The highest BCUT2D eigenvalue weighted by atomic mass is 35.5. The number of amides is 2. The van der Waals surface area contributed by atoms with E-state index >= 15 is 0 Å². The van der Waals surface area contributed by atoms with Crippen LogP contribution in [0.15, 0.2) is 78.9 Å². The second-order valence-corrected chi connectivity index (χ2v) is 11.7. The molecule has 3 rings (SSSR count). The number of ether oxygens (including phenoxy) is 1. The zero-order valence-electron chi connectivity index (χ0n) is 23.0. The van der Waals surface area contributed by atoms with Crippen molar-refractivity contribution in [3.63, 3.8) is 0 Å². The highest BCUT2D eigenvalue weighted by Crippen LogP contribution is 2.30. The maximum absolute atomic E-state index is 14.1. The van der Waals surface area contributed by atoms with Crippen LogP contribution in [0.3, 0.4) is 0 Å². The normalized spacial score (nSPS) is 11.9. The molecule has 8 nitrogen and oxygen atoms in total. The van der Waals surface area contributed by atoms with Gasteiger partial charge in [-0.1, -0.05) is 73.1 Å². The molecule has 214 valence electrons. The van der Waals surface area contributed by atoms with Crippen molar-refractivity contribution in [2.45, 2.75) is 39.3 Å². The summed E-state index contributed by atoms with van der Waals surface area (Å²) in [7, 11) is -3.90. The number of hydrogen-bond acceptors (Lipinski definition) is 5. The number of carbonyl (C=O) groups excluding carboxylic acids is 2. The number of rotatable bonds is 14. The largest absolute Gasteiger partial charge is 0.492 e. The number of nitrogens with zero attached hydrogens (tertiary/aromatic N) is 2. The summed E-state index contributed by atoms with van der Waals surface area (Å²) in [6.45, 7) is 4.08. The van der Waals surface area contributed by atoms with Crippen LogP contribution in [0.4, 0.5) is 5.69 Å². The van der Waals surface area contributed by atoms with E-state index in [9.17, 15) is 18.0 Å². The first kappa shape index (κ1) is 31.0. The summed E-state index contributed by atoms with van der Waals surface area (Å²) in [6.07, 6.45) is 2.02. The predicted octanol–water partition coefficient (Wildman–Crippen LogP) is 4.67. The Labute approximate surface area is 241 Å². The van der Waals surface area contributed by atoms with E-state index in [4.69, 9.17) is 16.3 Å². The topological polar surface area (TPSA) is 96.0 Å². The van der Waals surface area contributed by atoms with Crippen LogP contribution in [0.2, 0.25) is 5.02 Å². The van der Waals surface area contributed by atoms with Crippen molar-refractivity contribution >= 4 is 39.1 Å². The molecule has 0 radical (unpaired) electrons.